The van der Waals surface area contributed by atoms with Crippen molar-refractivity contribution in [2.45, 2.75) is 51.7 Å². The number of hydrogen-bond donors (Lipinski definition) is 1. The normalized spacial score (nSPS) is 20.2. The Kier molecular flexibility index (Phi) is 4.88. The third kappa shape index (κ3) is 4.21. The lowest BCUT2D eigenvalue weighted by Crippen LogP contribution is -2.56. The number of hydrogen-bond acceptors (Lipinski definition) is 2. The molecule has 0 saturated carbocycles. The Morgan fingerprint density at radius 2 is 2.00 bits per heavy atom. The molecule has 116 valence electrons. The first-order valence-corrected chi connectivity index (χ1v) is 7.66. The quantitative estimate of drug-likeness (QED) is 0.927. The Labute approximate surface area is 127 Å². The summed E-state index contributed by atoms with van der Waals surface area (Å²) in [6.07, 6.45) is 1.20. The summed E-state index contributed by atoms with van der Waals surface area (Å²) < 4.78 is 0. The van der Waals surface area contributed by atoms with Crippen molar-refractivity contribution in [3.63, 3.8) is 0 Å². The Morgan fingerprint density at radius 1 is 1.33 bits per heavy atom. The molecule has 1 N–H and O–H groups in total. The highest BCUT2D eigenvalue weighted by molar-refractivity contribution is 5.66. The van der Waals surface area contributed by atoms with Crippen LogP contribution in [0.1, 0.15) is 39.2 Å². The van der Waals surface area contributed by atoms with Gasteiger partial charge in [-0.3, -0.25) is 9.80 Å². The average molecular weight is 290 g/mol. The van der Waals surface area contributed by atoms with Gasteiger partial charge in [-0.25, -0.2) is 4.79 Å². The minimum absolute atomic E-state index is 0.0833. The van der Waals surface area contributed by atoms with Crippen molar-refractivity contribution in [3.8, 4) is 0 Å². The molecule has 2 rings (SSSR count). The van der Waals surface area contributed by atoms with Gasteiger partial charge in [0.05, 0.1) is 0 Å². The fourth-order valence-electron chi connectivity index (χ4n) is 3.22. The van der Waals surface area contributed by atoms with Crippen molar-refractivity contribution in [1.82, 2.24) is 9.80 Å². The van der Waals surface area contributed by atoms with Crippen LogP contribution in [0.5, 0.6) is 0 Å². The summed E-state index contributed by atoms with van der Waals surface area (Å²) in [7, 11) is 0. The standard InChI is InChI=1S/C17H26N2O2/c1-17(2,3)19(16(20)21)15-10-7-11-18(13-15)12-14-8-5-4-6-9-14/h4-6,8-9,15H,7,10-13H2,1-3H3,(H,20,21). The molecule has 0 radical (unpaired) electrons. The van der Waals surface area contributed by atoms with Gasteiger partial charge in [-0.1, -0.05) is 30.3 Å². The minimum atomic E-state index is -0.811. The smallest absolute Gasteiger partial charge is 0.408 e. The number of amides is 1. The number of likely N-dealkylation sites (tertiary alicyclic amines) is 1. The minimum Gasteiger partial charge on any atom is -0.465 e. The van der Waals surface area contributed by atoms with Crippen molar-refractivity contribution < 1.29 is 9.90 Å². The summed E-state index contributed by atoms with van der Waals surface area (Å²) in [4.78, 5) is 15.6. The second-order valence-electron chi connectivity index (χ2n) is 6.84. The van der Waals surface area contributed by atoms with E-state index in [0.717, 1.165) is 32.5 Å². The zero-order valence-electron chi connectivity index (χ0n) is 13.2. The summed E-state index contributed by atoms with van der Waals surface area (Å²) in [5.41, 5.74) is 0.933. The molecule has 1 saturated heterocycles. The van der Waals surface area contributed by atoms with Crippen LogP contribution in [0.15, 0.2) is 30.3 Å². The maximum atomic E-state index is 11.6. The number of benzene rings is 1. The molecule has 4 nitrogen and oxygen atoms in total. The predicted octanol–water partition coefficient (Wildman–Crippen LogP) is 3.43. The molecule has 1 heterocycles. The van der Waals surface area contributed by atoms with Crippen LogP contribution in [-0.4, -0.2) is 45.7 Å². The second kappa shape index (κ2) is 6.48. The molecule has 1 atom stereocenters. The van der Waals surface area contributed by atoms with Gasteiger partial charge in [-0.15, -0.1) is 0 Å². The summed E-state index contributed by atoms with van der Waals surface area (Å²) in [5, 5.41) is 9.54. The van der Waals surface area contributed by atoms with Crippen molar-refractivity contribution in [3.05, 3.63) is 35.9 Å². The molecule has 1 amide bonds. The highest BCUT2D eigenvalue weighted by atomic mass is 16.4. The van der Waals surface area contributed by atoms with Gasteiger partial charge >= 0.3 is 6.09 Å². The Balaban J connectivity index is 2.04. The molecule has 4 heteroatoms. The lowest BCUT2D eigenvalue weighted by atomic mass is 9.97. The van der Waals surface area contributed by atoms with Gasteiger partial charge in [0.1, 0.15) is 0 Å². The lowest BCUT2D eigenvalue weighted by molar-refractivity contribution is 0.0347. The Bertz CT molecular complexity index is 467. The summed E-state index contributed by atoms with van der Waals surface area (Å²) in [6, 6.07) is 10.5. The van der Waals surface area contributed by atoms with E-state index in [4.69, 9.17) is 0 Å². The van der Waals surface area contributed by atoms with Crippen LogP contribution in [-0.2, 0) is 6.54 Å². The summed E-state index contributed by atoms with van der Waals surface area (Å²) in [6.45, 7) is 8.67. The molecule has 0 spiro atoms. The van der Waals surface area contributed by atoms with Crippen LogP contribution < -0.4 is 0 Å². The fourth-order valence-corrected chi connectivity index (χ4v) is 3.22. The number of nitrogens with zero attached hydrogens (tertiary/aromatic N) is 2. The van der Waals surface area contributed by atoms with E-state index < -0.39 is 6.09 Å². The molecule has 1 fully saturated rings. The first-order chi connectivity index (χ1) is 9.88. The van der Waals surface area contributed by atoms with E-state index in [0.29, 0.717) is 0 Å². The van der Waals surface area contributed by atoms with E-state index in [1.165, 1.54) is 5.56 Å². The Morgan fingerprint density at radius 3 is 2.57 bits per heavy atom. The highest BCUT2D eigenvalue weighted by Gasteiger charge is 2.35. The van der Waals surface area contributed by atoms with Gasteiger partial charge < -0.3 is 5.11 Å². The Hall–Kier alpha value is -1.55. The van der Waals surface area contributed by atoms with Gasteiger partial charge in [-0.05, 0) is 45.7 Å². The van der Waals surface area contributed by atoms with Crippen LogP contribution >= 0.6 is 0 Å². The molecule has 21 heavy (non-hydrogen) atoms. The van der Waals surface area contributed by atoms with E-state index in [9.17, 15) is 9.90 Å². The molecule has 1 aromatic carbocycles. The van der Waals surface area contributed by atoms with Crippen molar-refractivity contribution in [1.29, 1.82) is 0 Å². The maximum Gasteiger partial charge on any atom is 0.408 e. The number of carbonyl (C=O) groups is 1. The third-order valence-corrected chi connectivity index (χ3v) is 4.02. The maximum absolute atomic E-state index is 11.6. The van der Waals surface area contributed by atoms with E-state index >= 15 is 0 Å². The first kappa shape index (κ1) is 15.8. The highest BCUT2D eigenvalue weighted by Crippen LogP contribution is 2.24. The molecule has 0 bridgehead atoms. The molecule has 0 aromatic heterocycles. The van der Waals surface area contributed by atoms with Gasteiger partial charge in [0.25, 0.3) is 0 Å². The monoisotopic (exact) mass is 290 g/mol. The largest absolute Gasteiger partial charge is 0.465 e. The van der Waals surface area contributed by atoms with Crippen molar-refractivity contribution in [2.75, 3.05) is 13.1 Å². The molecule has 1 aliphatic heterocycles. The zero-order chi connectivity index (χ0) is 15.5. The van der Waals surface area contributed by atoms with Crippen LogP contribution in [0, 0.1) is 0 Å². The molecular formula is C17H26N2O2. The number of carboxylic acid groups (broad SMARTS) is 1. The second-order valence-corrected chi connectivity index (χ2v) is 6.84. The van der Waals surface area contributed by atoms with Crippen molar-refractivity contribution >= 4 is 6.09 Å². The zero-order valence-corrected chi connectivity index (χ0v) is 13.2. The average Bonchev–Trinajstić information content (AvgIpc) is 2.38. The number of rotatable bonds is 3. The molecule has 1 aromatic rings. The predicted molar refractivity (Wildman–Crippen MR) is 84.4 cm³/mol. The van der Waals surface area contributed by atoms with Crippen LogP contribution in [0.2, 0.25) is 0 Å². The summed E-state index contributed by atoms with van der Waals surface area (Å²) >= 11 is 0. The number of piperidine rings is 1. The molecule has 0 aliphatic carbocycles. The van der Waals surface area contributed by atoms with Gasteiger partial charge in [0.2, 0.25) is 0 Å². The van der Waals surface area contributed by atoms with Gasteiger partial charge in [0, 0.05) is 24.7 Å². The van der Waals surface area contributed by atoms with Gasteiger partial charge in [0.15, 0.2) is 0 Å². The van der Waals surface area contributed by atoms with Crippen LogP contribution in [0.3, 0.4) is 0 Å². The third-order valence-electron chi connectivity index (χ3n) is 4.02. The van der Waals surface area contributed by atoms with E-state index in [1.54, 1.807) is 4.90 Å². The molecular weight excluding hydrogens is 264 g/mol. The fraction of sp³-hybridized carbons (Fsp3) is 0.588. The van der Waals surface area contributed by atoms with E-state index in [1.807, 2.05) is 26.8 Å². The summed E-state index contributed by atoms with van der Waals surface area (Å²) in [5.74, 6) is 0. The molecule has 1 aliphatic rings. The van der Waals surface area contributed by atoms with E-state index in [-0.39, 0.29) is 11.6 Å². The van der Waals surface area contributed by atoms with Crippen LogP contribution in [0.4, 0.5) is 4.79 Å². The van der Waals surface area contributed by atoms with E-state index in [2.05, 4.69) is 29.2 Å². The SMILES string of the molecule is CC(C)(C)N(C(=O)O)C1CCCN(Cc2ccccc2)C1. The van der Waals surface area contributed by atoms with Crippen molar-refractivity contribution in [2.24, 2.45) is 0 Å². The first-order valence-electron chi connectivity index (χ1n) is 7.66. The lowest BCUT2D eigenvalue weighted by Gasteiger charge is -2.44. The van der Waals surface area contributed by atoms with Crippen LogP contribution in [0.25, 0.3) is 0 Å². The topological polar surface area (TPSA) is 43.8 Å². The van der Waals surface area contributed by atoms with Gasteiger partial charge in [-0.2, -0.15) is 0 Å². The molecule has 1 unspecified atom stereocenters.